The van der Waals surface area contributed by atoms with Crippen LogP contribution in [0.4, 0.5) is 8.78 Å². The van der Waals surface area contributed by atoms with Crippen molar-refractivity contribution in [1.29, 1.82) is 0 Å². The van der Waals surface area contributed by atoms with Gasteiger partial charge in [-0.05, 0) is 35.4 Å². The highest BCUT2D eigenvalue weighted by Gasteiger charge is 2.28. The van der Waals surface area contributed by atoms with Crippen molar-refractivity contribution >= 4 is 17.5 Å². The summed E-state index contributed by atoms with van der Waals surface area (Å²) >= 11 is 1.09. The van der Waals surface area contributed by atoms with Gasteiger partial charge < -0.3 is 0 Å². The summed E-state index contributed by atoms with van der Waals surface area (Å²) in [5.74, 6) is -2.42. The fraction of sp³-hybridized carbons (Fsp3) is 0.333. The first-order valence-electron chi connectivity index (χ1n) is 6.04. The van der Waals surface area contributed by atoms with E-state index in [0.29, 0.717) is 5.16 Å². The number of benzene rings is 1. The fourth-order valence-electron chi connectivity index (χ4n) is 1.80. The molecule has 1 aromatic carbocycles. The Kier molecular flexibility index (Phi) is 3.47. The average molecular weight is 296 g/mol. The zero-order valence-electron chi connectivity index (χ0n) is 10.3. The maximum atomic E-state index is 13.5. The van der Waals surface area contributed by atoms with Gasteiger partial charge in [-0.25, -0.2) is 13.5 Å². The number of hydrogen-bond donors (Lipinski definition) is 0. The lowest BCUT2D eigenvalue weighted by molar-refractivity contribution is 0.101. The Morgan fingerprint density at radius 2 is 2.05 bits per heavy atom. The third kappa shape index (κ3) is 2.55. The van der Waals surface area contributed by atoms with E-state index in [2.05, 4.69) is 15.5 Å². The van der Waals surface area contributed by atoms with Gasteiger partial charge in [-0.1, -0.05) is 17.8 Å². The lowest BCUT2D eigenvalue weighted by Gasteiger charge is -2.04. The van der Waals surface area contributed by atoms with Gasteiger partial charge in [-0.15, -0.1) is 5.10 Å². The number of halogens is 2. The molecule has 0 atom stereocenters. The summed E-state index contributed by atoms with van der Waals surface area (Å²) in [4.78, 5) is 11.9. The number of nitrogens with zero attached hydrogens (tertiary/aromatic N) is 4. The van der Waals surface area contributed by atoms with E-state index in [1.807, 2.05) is 0 Å². The second-order valence-electron chi connectivity index (χ2n) is 4.45. The zero-order valence-corrected chi connectivity index (χ0v) is 11.1. The summed E-state index contributed by atoms with van der Waals surface area (Å²) < 4.78 is 28.6. The topological polar surface area (TPSA) is 60.7 Å². The Morgan fingerprint density at radius 1 is 1.35 bits per heavy atom. The Bertz CT molecular complexity index is 636. The van der Waals surface area contributed by atoms with Crippen molar-refractivity contribution in [2.24, 2.45) is 0 Å². The van der Waals surface area contributed by atoms with Crippen molar-refractivity contribution in [1.82, 2.24) is 20.2 Å². The molecule has 1 heterocycles. The molecule has 1 aliphatic rings. The summed E-state index contributed by atoms with van der Waals surface area (Å²) in [6.07, 6.45) is 2.02. The minimum absolute atomic E-state index is 0.106. The second kappa shape index (κ2) is 5.28. The predicted molar refractivity (Wildman–Crippen MR) is 67.5 cm³/mol. The molecule has 0 unspecified atom stereocenters. The summed E-state index contributed by atoms with van der Waals surface area (Å²) in [5, 5.41) is 11.7. The fourth-order valence-corrected chi connectivity index (χ4v) is 2.61. The molecule has 104 valence electrons. The first-order chi connectivity index (χ1) is 9.66. The van der Waals surface area contributed by atoms with E-state index in [-0.39, 0.29) is 11.8 Å². The monoisotopic (exact) mass is 296 g/mol. The first-order valence-corrected chi connectivity index (χ1v) is 7.03. The third-order valence-electron chi connectivity index (χ3n) is 2.93. The molecular weight excluding hydrogens is 286 g/mol. The molecular formula is C12H10F2N4OS. The summed E-state index contributed by atoms with van der Waals surface area (Å²) in [6, 6.07) is 3.64. The van der Waals surface area contributed by atoms with E-state index in [0.717, 1.165) is 36.7 Å². The van der Waals surface area contributed by atoms with E-state index >= 15 is 0 Å². The molecule has 1 aromatic heterocycles. The number of Topliss-reactive ketones (excluding diaryl/α,β-unsaturated/α-hetero) is 1. The van der Waals surface area contributed by atoms with Gasteiger partial charge in [0.05, 0.1) is 17.4 Å². The summed E-state index contributed by atoms with van der Waals surface area (Å²) in [5.41, 5.74) is -0.509. The highest BCUT2D eigenvalue weighted by atomic mass is 32.2. The maximum absolute atomic E-state index is 13.5. The van der Waals surface area contributed by atoms with Crippen LogP contribution in [-0.4, -0.2) is 31.7 Å². The lowest BCUT2D eigenvalue weighted by atomic mass is 10.1. The minimum atomic E-state index is -0.850. The molecule has 5 nitrogen and oxygen atoms in total. The van der Waals surface area contributed by atoms with Gasteiger partial charge >= 0.3 is 0 Å². The van der Waals surface area contributed by atoms with Gasteiger partial charge in [0.1, 0.15) is 11.6 Å². The Balaban J connectivity index is 1.72. The van der Waals surface area contributed by atoms with Crippen LogP contribution < -0.4 is 0 Å². The molecule has 20 heavy (non-hydrogen) atoms. The molecule has 0 saturated heterocycles. The van der Waals surface area contributed by atoms with Gasteiger partial charge in [0.15, 0.2) is 5.78 Å². The van der Waals surface area contributed by atoms with Crippen LogP contribution in [0.3, 0.4) is 0 Å². The first kappa shape index (κ1) is 13.2. The van der Waals surface area contributed by atoms with Crippen LogP contribution in [0, 0.1) is 11.6 Å². The van der Waals surface area contributed by atoms with Gasteiger partial charge in [0.2, 0.25) is 5.16 Å². The molecule has 0 spiro atoms. The molecule has 1 saturated carbocycles. The average Bonchev–Trinajstić information content (AvgIpc) is 3.15. The number of rotatable bonds is 5. The Hall–Kier alpha value is -1.83. The Labute approximate surface area is 117 Å². The smallest absolute Gasteiger partial charge is 0.210 e. The number of hydrogen-bond acceptors (Lipinski definition) is 5. The number of ketones is 1. The van der Waals surface area contributed by atoms with E-state index in [9.17, 15) is 13.6 Å². The molecule has 2 aromatic rings. The SMILES string of the molecule is O=C(CSc1nnnn1C1CC1)c1c(F)cccc1F. The van der Waals surface area contributed by atoms with Crippen molar-refractivity contribution in [3.63, 3.8) is 0 Å². The van der Waals surface area contributed by atoms with Crippen LogP contribution in [0.1, 0.15) is 29.2 Å². The highest BCUT2D eigenvalue weighted by Crippen LogP contribution is 2.36. The van der Waals surface area contributed by atoms with E-state index < -0.39 is 23.0 Å². The van der Waals surface area contributed by atoms with Crippen LogP contribution in [0.25, 0.3) is 0 Å². The second-order valence-corrected chi connectivity index (χ2v) is 5.39. The van der Waals surface area contributed by atoms with Gasteiger partial charge in [0, 0.05) is 0 Å². The number of carbonyl (C=O) groups excluding carboxylic acids is 1. The standard InChI is InChI=1S/C12H10F2N4OS/c13-8-2-1-3-9(14)11(8)10(19)6-20-12-15-16-17-18(12)7-4-5-7/h1-3,7H,4-6H2. The number of carbonyl (C=O) groups is 1. The van der Waals surface area contributed by atoms with Gasteiger partial charge in [-0.3, -0.25) is 4.79 Å². The van der Waals surface area contributed by atoms with E-state index in [1.165, 1.54) is 6.07 Å². The van der Waals surface area contributed by atoms with E-state index in [4.69, 9.17) is 0 Å². The molecule has 0 amide bonds. The molecule has 0 N–H and O–H groups in total. The van der Waals surface area contributed by atoms with Crippen LogP contribution in [0.15, 0.2) is 23.4 Å². The van der Waals surface area contributed by atoms with Gasteiger partial charge in [-0.2, -0.15) is 0 Å². The molecule has 0 bridgehead atoms. The predicted octanol–water partition coefficient (Wildman–Crippen LogP) is 2.26. The summed E-state index contributed by atoms with van der Waals surface area (Å²) in [6.45, 7) is 0. The molecule has 3 rings (SSSR count). The lowest BCUT2D eigenvalue weighted by Crippen LogP contribution is -2.09. The number of tetrazole rings is 1. The van der Waals surface area contributed by atoms with Crippen molar-refractivity contribution < 1.29 is 13.6 Å². The molecule has 0 radical (unpaired) electrons. The van der Waals surface area contributed by atoms with Crippen LogP contribution in [-0.2, 0) is 0 Å². The van der Waals surface area contributed by atoms with E-state index in [1.54, 1.807) is 4.68 Å². The molecule has 1 aliphatic carbocycles. The quantitative estimate of drug-likeness (QED) is 0.625. The van der Waals surface area contributed by atoms with Crippen molar-refractivity contribution in [3.05, 3.63) is 35.4 Å². The Morgan fingerprint density at radius 3 is 2.70 bits per heavy atom. The minimum Gasteiger partial charge on any atom is -0.293 e. The van der Waals surface area contributed by atoms with Gasteiger partial charge in [0.25, 0.3) is 0 Å². The number of aromatic nitrogens is 4. The van der Waals surface area contributed by atoms with Crippen molar-refractivity contribution in [2.45, 2.75) is 24.0 Å². The zero-order chi connectivity index (χ0) is 14.1. The molecule has 8 heteroatoms. The number of thioether (sulfide) groups is 1. The van der Waals surface area contributed by atoms with Crippen LogP contribution in [0.2, 0.25) is 0 Å². The van der Waals surface area contributed by atoms with Crippen LogP contribution >= 0.6 is 11.8 Å². The molecule has 0 aliphatic heterocycles. The summed E-state index contributed by atoms with van der Waals surface area (Å²) in [7, 11) is 0. The molecule has 1 fully saturated rings. The highest BCUT2D eigenvalue weighted by molar-refractivity contribution is 7.99. The largest absolute Gasteiger partial charge is 0.293 e. The van der Waals surface area contributed by atoms with Crippen molar-refractivity contribution in [3.8, 4) is 0 Å². The normalized spacial score (nSPS) is 14.5. The van der Waals surface area contributed by atoms with Crippen molar-refractivity contribution in [2.75, 3.05) is 5.75 Å². The van der Waals surface area contributed by atoms with Crippen LogP contribution in [0.5, 0.6) is 0 Å². The maximum Gasteiger partial charge on any atom is 0.210 e. The third-order valence-corrected chi connectivity index (χ3v) is 3.86.